The Kier molecular flexibility index (Phi) is 32.6. The number of piperazine rings is 1. The van der Waals surface area contributed by atoms with Crippen LogP contribution in [-0.4, -0.2) is 62.1 Å². The van der Waals surface area contributed by atoms with E-state index < -0.39 is 0 Å². The maximum absolute atomic E-state index is 12.8. The van der Waals surface area contributed by atoms with Gasteiger partial charge in [0.25, 0.3) is 0 Å². The number of hydrogen-bond acceptors (Lipinski definition) is 5. The van der Waals surface area contributed by atoms with Gasteiger partial charge in [-0.3, -0.25) is 4.90 Å². The molecular weight excluding hydrogens is 835 g/mol. The molecule has 0 bridgehead atoms. The van der Waals surface area contributed by atoms with Gasteiger partial charge in [-0.1, -0.05) is 70.8 Å². The number of anilines is 1. The van der Waals surface area contributed by atoms with E-state index in [1.807, 2.05) is 53.0 Å². The Morgan fingerprint density at radius 1 is 0.979 bits per heavy atom. The largest absolute Gasteiger partial charge is 0.385 e. The van der Waals surface area contributed by atoms with Crippen LogP contribution in [0.3, 0.4) is 0 Å². The molecule has 2 aromatic carbocycles. The van der Waals surface area contributed by atoms with Gasteiger partial charge in [-0.15, -0.1) is 24.5 Å². The van der Waals surface area contributed by atoms with Crippen molar-refractivity contribution in [2.75, 3.05) is 44.8 Å². The number of aromatic nitrogens is 1. The Labute approximate surface area is 315 Å². The van der Waals surface area contributed by atoms with E-state index in [0.29, 0.717) is 28.6 Å². The van der Waals surface area contributed by atoms with Gasteiger partial charge in [0.2, 0.25) is 0 Å². The molecule has 0 N–H and O–H groups in total. The molecule has 0 amide bonds. The topological polar surface area (TPSA) is 45.7 Å². The molecule has 5 nitrogen and oxygen atoms in total. The number of rotatable bonds is 7. The van der Waals surface area contributed by atoms with Gasteiger partial charge in [-0.05, 0) is 76.4 Å². The Balaban J connectivity index is -0.000000563. The number of halogens is 2. The summed E-state index contributed by atoms with van der Waals surface area (Å²) in [5.74, 6) is 0.919. The average Bonchev–Trinajstić information content (AvgIpc) is 3.07. The monoisotopic (exact) mass is 892 g/mol. The fourth-order valence-corrected chi connectivity index (χ4v) is 4.50. The van der Waals surface area contributed by atoms with Crippen LogP contribution >= 0.6 is 11.6 Å². The Morgan fingerprint density at radius 3 is 2.09 bits per heavy atom. The number of terminal acetylenes is 1. The first-order valence-corrected chi connectivity index (χ1v) is 16.6. The zero-order chi connectivity index (χ0) is 35.5. The minimum atomic E-state index is -0.213. The van der Waals surface area contributed by atoms with Crippen LogP contribution in [0, 0.1) is 70.5 Å². The molecular formula is C39H58ClFN3O2U-. The third kappa shape index (κ3) is 21.4. The molecule has 3 aromatic rings. The van der Waals surface area contributed by atoms with E-state index in [1.165, 1.54) is 24.6 Å². The molecule has 1 fully saturated rings. The van der Waals surface area contributed by atoms with Crippen LogP contribution in [0.5, 0.6) is 0 Å². The number of benzene rings is 2. The number of carbonyl (C=O) groups excluding carboxylic acids is 1. The summed E-state index contributed by atoms with van der Waals surface area (Å²) in [7, 11) is 1.71. The molecule has 1 aliphatic heterocycles. The third-order valence-electron chi connectivity index (χ3n) is 6.90. The van der Waals surface area contributed by atoms with E-state index in [9.17, 15) is 9.18 Å². The van der Waals surface area contributed by atoms with Gasteiger partial charge >= 0.3 is 0 Å². The van der Waals surface area contributed by atoms with E-state index in [2.05, 4.69) is 73.5 Å². The summed E-state index contributed by atoms with van der Waals surface area (Å²) in [4.78, 5) is 19.7. The van der Waals surface area contributed by atoms with Crippen molar-refractivity contribution in [1.29, 1.82) is 0 Å². The molecule has 260 valence electrons. The first-order chi connectivity index (χ1) is 22.1. The van der Waals surface area contributed by atoms with E-state index in [4.69, 9.17) is 16.3 Å². The van der Waals surface area contributed by atoms with Crippen LogP contribution in [0.4, 0.5) is 10.2 Å². The summed E-state index contributed by atoms with van der Waals surface area (Å²) in [6.07, 6.45) is 12.9. The average molecular weight is 893 g/mol. The van der Waals surface area contributed by atoms with Gasteiger partial charge in [-0.25, -0.2) is 9.37 Å². The molecule has 1 atom stereocenters. The second-order valence-electron chi connectivity index (χ2n) is 10.5. The number of aryl methyl sites for hydroxylation is 4. The quantitative estimate of drug-likeness (QED) is 0.175. The summed E-state index contributed by atoms with van der Waals surface area (Å²) < 4.78 is 17.5. The van der Waals surface area contributed by atoms with Crippen LogP contribution in [-0.2, 0) is 16.0 Å². The molecule has 0 aliphatic carbocycles. The molecule has 4 rings (SSSR count). The van der Waals surface area contributed by atoms with Crippen LogP contribution in [0.1, 0.15) is 82.3 Å². The molecule has 0 spiro atoms. The summed E-state index contributed by atoms with van der Waals surface area (Å²) in [6.45, 7) is 24.1. The van der Waals surface area contributed by atoms with Gasteiger partial charge in [0.1, 0.15) is 11.6 Å². The summed E-state index contributed by atoms with van der Waals surface area (Å²) in [6, 6.07) is 17.2. The zero-order valence-corrected chi connectivity index (χ0v) is 35.4. The van der Waals surface area contributed by atoms with Crippen molar-refractivity contribution >= 4 is 23.7 Å². The molecule has 2 heterocycles. The number of pyridine rings is 1. The van der Waals surface area contributed by atoms with Crippen molar-refractivity contribution in [3.63, 3.8) is 0 Å². The van der Waals surface area contributed by atoms with Crippen molar-refractivity contribution in [2.45, 2.75) is 87.6 Å². The zero-order valence-electron chi connectivity index (χ0n) is 30.5. The number of nitrogens with zero attached hydrogens (tertiary/aromatic N) is 3. The smallest absolute Gasteiger partial charge is 0.128 e. The van der Waals surface area contributed by atoms with Crippen molar-refractivity contribution in [3.05, 3.63) is 93.4 Å². The Hall–Kier alpha value is -2.19. The van der Waals surface area contributed by atoms with Crippen LogP contribution in [0.25, 0.3) is 0 Å². The molecule has 47 heavy (non-hydrogen) atoms. The van der Waals surface area contributed by atoms with Crippen LogP contribution in [0.2, 0.25) is 5.02 Å². The number of methoxy groups -OCH3 is 1. The fourth-order valence-electron chi connectivity index (χ4n) is 4.34. The van der Waals surface area contributed by atoms with Crippen molar-refractivity contribution in [1.82, 2.24) is 9.88 Å². The van der Waals surface area contributed by atoms with Gasteiger partial charge in [-0.2, -0.15) is 17.7 Å². The predicted octanol–water partition coefficient (Wildman–Crippen LogP) is 9.43. The third-order valence-corrected chi connectivity index (χ3v) is 7.14. The maximum atomic E-state index is 12.8. The van der Waals surface area contributed by atoms with Gasteiger partial charge in [0.05, 0.1) is 6.29 Å². The van der Waals surface area contributed by atoms with Crippen molar-refractivity contribution in [2.24, 2.45) is 0 Å². The fraction of sp³-hybridized carbons (Fsp3) is 0.487. The molecule has 0 saturated carbocycles. The van der Waals surface area contributed by atoms with Gasteiger partial charge in [0, 0.05) is 81.2 Å². The molecule has 8 heteroatoms. The summed E-state index contributed by atoms with van der Waals surface area (Å²) >= 11 is 5.53. The minimum Gasteiger partial charge on any atom is -0.385 e. The normalized spacial score (nSPS) is 13.1. The van der Waals surface area contributed by atoms with E-state index in [0.717, 1.165) is 49.7 Å². The summed E-state index contributed by atoms with van der Waals surface area (Å²) in [5.41, 5.74) is 4.79. The first-order valence-electron chi connectivity index (χ1n) is 16.2. The van der Waals surface area contributed by atoms with E-state index in [1.54, 1.807) is 25.3 Å². The second-order valence-corrected chi connectivity index (χ2v) is 10.9. The number of ether oxygens (including phenoxy) is 1. The first kappa shape index (κ1) is 49.2. The predicted molar refractivity (Wildman–Crippen MR) is 197 cm³/mol. The molecule has 1 aliphatic rings. The SMILES string of the molecule is C#C.CC.CCCN1CCN(c2cccc(C)n2)CC1C.CCCOC.CCc1ccc(Cl)cc1F.Cc1ccc([C-]=O)cc1C.[U]. The van der Waals surface area contributed by atoms with Crippen LogP contribution in [0.15, 0.2) is 54.6 Å². The second kappa shape index (κ2) is 31.1. The summed E-state index contributed by atoms with van der Waals surface area (Å²) in [5, 5.41) is 0.453. The molecule has 1 unspecified atom stereocenters. The minimum absolute atomic E-state index is 0. The van der Waals surface area contributed by atoms with E-state index in [-0.39, 0.29) is 36.9 Å². The Morgan fingerprint density at radius 2 is 1.64 bits per heavy atom. The molecule has 1 saturated heterocycles. The van der Waals surface area contributed by atoms with Gasteiger partial charge in [0.15, 0.2) is 0 Å². The van der Waals surface area contributed by atoms with E-state index >= 15 is 0 Å². The molecule has 1 aromatic heterocycles. The number of hydrogen-bond donors (Lipinski definition) is 0. The van der Waals surface area contributed by atoms with Crippen LogP contribution < -0.4 is 4.90 Å². The maximum Gasteiger partial charge on any atom is 0.128 e. The van der Waals surface area contributed by atoms with Gasteiger partial charge < -0.3 is 14.4 Å². The standard InChI is InChI=1S/C14H23N3.C9H9O.C8H8ClF.C4H10O.C2H6.C2H2.U/c1-4-8-16-9-10-17(11-13(16)3)14-7-5-6-12(2)15-14;1-7-3-4-9(6-10)5-8(7)2;1-2-6-3-4-7(9)5-8(6)10;1-3-4-5-2;2*1-2;/h5-7,13H,4,8-11H2,1-3H3;3-5H,1-2H3;3-5H,2H2,1H3;3-4H2,1-2H3;1-2H3;1-2H;/q;-1;;;;;. The molecule has 0 radical (unpaired) electrons. The Bertz CT molecular complexity index is 1240. The van der Waals surface area contributed by atoms with Crippen molar-refractivity contribution in [3.8, 4) is 12.8 Å². The van der Waals surface area contributed by atoms with Crippen molar-refractivity contribution < 1.29 is 45.0 Å².